The molecule has 2 atom stereocenters. The Morgan fingerprint density at radius 3 is 2.38 bits per heavy atom. The Kier molecular flexibility index (Phi) is 6.29. The van der Waals surface area contributed by atoms with Gasteiger partial charge in [0.05, 0.1) is 9.83 Å². The second-order valence-corrected chi connectivity index (χ2v) is 8.61. The highest BCUT2D eigenvalue weighted by molar-refractivity contribution is 9.13. The smallest absolute Gasteiger partial charge is 0.0843 e. The Morgan fingerprint density at radius 2 is 1.90 bits per heavy atom. The first kappa shape index (κ1) is 17.4. The molecule has 2 nitrogen and oxygen atoms in total. The van der Waals surface area contributed by atoms with E-state index in [4.69, 9.17) is 17.3 Å². The molecule has 0 aliphatic rings. The number of hydrogen-bond acceptors (Lipinski definition) is 3. The average molecular weight is 453 g/mol. The second-order valence-electron chi connectivity index (χ2n) is 4.91. The first-order chi connectivity index (χ1) is 9.93. The van der Waals surface area contributed by atoms with Crippen molar-refractivity contribution >= 4 is 54.8 Å². The molecule has 0 fully saturated rings. The van der Waals surface area contributed by atoms with Gasteiger partial charge in [-0.25, -0.2) is 0 Å². The standard InChI is InChI=1S/C15H17Br2ClN2S/c1-9(10-3-5-11(18)6-4-10)20(2)13(8-19)14-7-12(16)15(17)21-14/h3-7,9,13H,8,19H2,1-2H3. The van der Waals surface area contributed by atoms with E-state index in [1.165, 1.54) is 10.4 Å². The van der Waals surface area contributed by atoms with Gasteiger partial charge in [-0.05, 0) is 69.6 Å². The number of halogens is 3. The number of likely N-dealkylation sites (N-methyl/N-ethyl adjacent to an activating group) is 1. The molecule has 2 rings (SSSR count). The maximum Gasteiger partial charge on any atom is 0.0843 e. The molecule has 2 aromatic rings. The quantitative estimate of drug-likeness (QED) is 0.638. The fraction of sp³-hybridized carbons (Fsp3) is 0.333. The van der Waals surface area contributed by atoms with Gasteiger partial charge in [-0.15, -0.1) is 11.3 Å². The highest BCUT2D eigenvalue weighted by Gasteiger charge is 2.23. The van der Waals surface area contributed by atoms with Crippen LogP contribution < -0.4 is 5.73 Å². The van der Waals surface area contributed by atoms with E-state index in [0.717, 1.165) is 13.3 Å². The largest absolute Gasteiger partial charge is 0.329 e. The van der Waals surface area contributed by atoms with Gasteiger partial charge in [-0.2, -0.15) is 0 Å². The molecular weight excluding hydrogens is 436 g/mol. The van der Waals surface area contributed by atoms with Crippen molar-refractivity contribution in [3.63, 3.8) is 0 Å². The first-order valence-corrected chi connectivity index (χ1v) is 9.34. The molecule has 0 bridgehead atoms. The van der Waals surface area contributed by atoms with Gasteiger partial charge in [0.15, 0.2) is 0 Å². The SMILES string of the molecule is CC(c1ccc(Cl)cc1)N(C)C(CN)c1cc(Br)c(Br)s1. The number of thiophene rings is 1. The molecule has 1 aromatic heterocycles. The summed E-state index contributed by atoms with van der Waals surface area (Å²) in [5.41, 5.74) is 7.25. The van der Waals surface area contributed by atoms with Gasteiger partial charge >= 0.3 is 0 Å². The van der Waals surface area contributed by atoms with Crippen LogP contribution in [0.25, 0.3) is 0 Å². The summed E-state index contributed by atoms with van der Waals surface area (Å²) < 4.78 is 2.18. The molecule has 1 aromatic carbocycles. The van der Waals surface area contributed by atoms with Gasteiger partial charge in [-0.3, -0.25) is 4.90 Å². The van der Waals surface area contributed by atoms with Crippen molar-refractivity contribution in [2.24, 2.45) is 5.73 Å². The summed E-state index contributed by atoms with van der Waals surface area (Å²) in [7, 11) is 2.11. The van der Waals surface area contributed by atoms with Gasteiger partial charge in [0.25, 0.3) is 0 Å². The maximum atomic E-state index is 6.02. The lowest BCUT2D eigenvalue weighted by Gasteiger charge is -2.32. The van der Waals surface area contributed by atoms with Crippen molar-refractivity contribution in [1.82, 2.24) is 4.90 Å². The summed E-state index contributed by atoms with van der Waals surface area (Å²) in [5.74, 6) is 0. The first-order valence-electron chi connectivity index (χ1n) is 6.56. The molecule has 2 unspecified atom stereocenters. The van der Waals surface area contributed by atoms with E-state index >= 15 is 0 Å². The number of nitrogens with zero attached hydrogens (tertiary/aromatic N) is 1. The molecular formula is C15H17Br2ClN2S. The minimum atomic E-state index is 0.184. The lowest BCUT2D eigenvalue weighted by Crippen LogP contribution is -2.32. The summed E-state index contributed by atoms with van der Waals surface area (Å²) in [6.07, 6.45) is 0. The molecule has 0 amide bonds. The minimum absolute atomic E-state index is 0.184. The highest BCUT2D eigenvalue weighted by Crippen LogP contribution is 2.38. The van der Waals surface area contributed by atoms with Gasteiger partial charge < -0.3 is 5.73 Å². The topological polar surface area (TPSA) is 29.3 Å². The summed E-state index contributed by atoms with van der Waals surface area (Å²) in [4.78, 5) is 3.55. The van der Waals surface area contributed by atoms with E-state index in [1.54, 1.807) is 11.3 Å². The average Bonchev–Trinajstić information content (AvgIpc) is 2.79. The van der Waals surface area contributed by atoms with E-state index in [2.05, 4.69) is 68.9 Å². The maximum absolute atomic E-state index is 6.02. The lowest BCUT2D eigenvalue weighted by molar-refractivity contribution is 0.193. The van der Waals surface area contributed by atoms with Crippen molar-refractivity contribution in [2.75, 3.05) is 13.6 Å². The second kappa shape index (κ2) is 7.57. The summed E-state index contributed by atoms with van der Waals surface area (Å²) in [6.45, 7) is 2.76. The normalized spacial score (nSPS) is 14.4. The lowest BCUT2D eigenvalue weighted by atomic mass is 10.0. The molecule has 0 radical (unpaired) electrons. The van der Waals surface area contributed by atoms with Crippen LogP contribution in [0.3, 0.4) is 0 Å². The molecule has 0 aliphatic carbocycles. The Bertz CT molecular complexity index is 581. The van der Waals surface area contributed by atoms with Crippen molar-refractivity contribution < 1.29 is 0 Å². The van der Waals surface area contributed by atoms with Crippen LogP contribution in [0.2, 0.25) is 5.02 Å². The van der Waals surface area contributed by atoms with Crippen LogP contribution in [0.1, 0.15) is 29.4 Å². The van der Waals surface area contributed by atoms with Gasteiger partial charge in [0.1, 0.15) is 0 Å². The van der Waals surface area contributed by atoms with Crippen molar-refractivity contribution in [1.29, 1.82) is 0 Å². The predicted octanol–water partition coefficient (Wildman–Crippen LogP) is 5.62. The van der Waals surface area contributed by atoms with Crippen LogP contribution in [-0.2, 0) is 0 Å². The van der Waals surface area contributed by atoms with Crippen LogP contribution in [0.15, 0.2) is 38.6 Å². The van der Waals surface area contributed by atoms with Gasteiger partial charge in [0.2, 0.25) is 0 Å². The molecule has 2 N–H and O–H groups in total. The molecule has 21 heavy (non-hydrogen) atoms. The van der Waals surface area contributed by atoms with E-state index in [0.29, 0.717) is 6.54 Å². The molecule has 0 saturated heterocycles. The summed E-state index contributed by atoms with van der Waals surface area (Å²) in [5, 5.41) is 0.759. The Balaban J connectivity index is 2.23. The van der Waals surface area contributed by atoms with Crippen LogP contribution in [0.5, 0.6) is 0 Å². The van der Waals surface area contributed by atoms with Crippen LogP contribution >= 0.6 is 54.8 Å². The Labute approximate surface area is 151 Å². The van der Waals surface area contributed by atoms with Crippen molar-refractivity contribution in [3.8, 4) is 0 Å². The summed E-state index contributed by atoms with van der Waals surface area (Å²) in [6, 6.07) is 10.6. The predicted molar refractivity (Wildman–Crippen MR) is 99.1 cm³/mol. The molecule has 0 aliphatic heterocycles. The van der Waals surface area contributed by atoms with Crippen LogP contribution in [0, 0.1) is 0 Å². The molecule has 0 saturated carbocycles. The third-order valence-corrected chi connectivity index (χ3v) is 7.28. The van der Waals surface area contributed by atoms with Gasteiger partial charge in [0, 0.05) is 27.0 Å². The number of hydrogen-bond donors (Lipinski definition) is 1. The molecule has 6 heteroatoms. The zero-order chi connectivity index (χ0) is 15.6. The van der Waals surface area contributed by atoms with E-state index < -0.39 is 0 Å². The number of rotatable bonds is 5. The summed E-state index contributed by atoms with van der Waals surface area (Å²) >= 11 is 14.8. The van der Waals surface area contributed by atoms with E-state index in [1.807, 2.05) is 12.1 Å². The van der Waals surface area contributed by atoms with E-state index in [-0.39, 0.29) is 12.1 Å². The fourth-order valence-corrected chi connectivity index (χ4v) is 4.64. The monoisotopic (exact) mass is 450 g/mol. The van der Waals surface area contributed by atoms with Crippen LogP contribution in [0.4, 0.5) is 0 Å². The van der Waals surface area contributed by atoms with Crippen molar-refractivity contribution in [3.05, 3.63) is 54.1 Å². The van der Waals surface area contributed by atoms with Gasteiger partial charge in [-0.1, -0.05) is 23.7 Å². The van der Waals surface area contributed by atoms with Crippen molar-refractivity contribution in [2.45, 2.75) is 19.0 Å². The third-order valence-electron chi connectivity index (χ3n) is 3.67. The zero-order valence-corrected chi connectivity index (χ0v) is 16.6. The Morgan fingerprint density at radius 1 is 1.29 bits per heavy atom. The minimum Gasteiger partial charge on any atom is -0.329 e. The molecule has 1 heterocycles. The Hall–Kier alpha value is 0.0900. The fourth-order valence-electron chi connectivity index (χ4n) is 2.26. The van der Waals surface area contributed by atoms with E-state index in [9.17, 15) is 0 Å². The highest BCUT2D eigenvalue weighted by atomic mass is 79.9. The molecule has 114 valence electrons. The number of benzene rings is 1. The third kappa shape index (κ3) is 4.09. The zero-order valence-electron chi connectivity index (χ0n) is 11.8. The molecule has 0 spiro atoms. The van der Waals surface area contributed by atoms with Crippen LogP contribution in [-0.4, -0.2) is 18.5 Å². The number of nitrogens with two attached hydrogens (primary N) is 1.